The van der Waals surface area contributed by atoms with Crippen LogP contribution in [-0.2, 0) is 21.5 Å². The molecule has 4 heterocycles. The van der Waals surface area contributed by atoms with Gasteiger partial charge in [0.1, 0.15) is 5.75 Å². The van der Waals surface area contributed by atoms with Crippen LogP contribution in [0.4, 0.5) is 0 Å². The molecule has 3 aromatic rings. The lowest BCUT2D eigenvalue weighted by molar-refractivity contribution is -0.143. The van der Waals surface area contributed by atoms with Crippen molar-refractivity contribution in [2.75, 3.05) is 39.8 Å². The third kappa shape index (κ3) is 6.81. The molecule has 7 rings (SSSR count). The summed E-state index contributed by atoms with van der Waals surface area (Å²) in [7, 11) is -2.24. The minimum atomic E-state index is -3.91. The number of piperazine rings is 1. The van der Waals surface area contributed by atoms with Gasteiger partial charge in [0.2, 0.25) is 5.91 Å². The molecule has 1 N–H and O–H groups in total. The lowest BCUT2D eigenvalue weighted by Gasteiger charge is -2.39. The number of amides is 2. The van der Waals surface area contributed by atoms with Gasteiger partial charge in [0.15, 0.2) is 0 Å². The fourth-order valence-corrected chi connectivity index (χ4v) is 10.3. The van der Waals surface area contributed by atoms with E-state index in [0.29, 0.717) is 37.5 Å². The maximum atomic E-state index is 14.6. The summed E-state index contributed by atoms with van der Waals surface area (Å²) >= 11 is 0. The van der Waals surface area contributed by atoms with E-state index in [1.54, 1.807) is 13.2 Å². The first kappa shape index (κ1) is 36.0. The highest BCUT2D eigenvalue weighted by Gasteiger charge is 2.48. The predicted octanol–water partition coefficient (Wildman–Crippen LogP) is 6.32. The second kappa shape index (κ2) is 13.9. The Balaban J connectivity index is 1.33. The lowest BCUT2D eigenvalue weighted by atomic mass is 9.81. The van der Waals surface area contributed by atoms with Gasteiger partial charge in [-0.3, -0.25) is 14.5 Å². The fraction of sp³-hybridized carbons (Fsp3) is 0.600. The number of benzene rings is 2. The van der Waals surface area contributed by atoms with Crippen molar-refractivity contribution >= 4 is 32.9 Å². The normalized spacial score (nSPS) is 21.8. The van der Waals surface area contributed by atoms with E-state index in [-0.39, 0.29) is 17.5 Å². The zero-order valence-electron chi connectivity index (χ0n) is 31.2. The molecule has 2 bridgehead atoms. The Morgan fingerprint density at radius 3 is 2.33 bits per heavy atom. The van der Waals surface area contributed by atoms with E-state index >= 15 is 0 Å². The van der Waals surface area contributed by atoms with Gasteiger partial charge in [0.25, 0.3) is 5.91 Å². The van der Waals surface area contributed by atoms with E-state index in [1.807, 2.05) is 18.2 Å². The van der Waals surface area contributed by atoms with Crippen molar-refractivity contribution in [3.8, 4) is 17.0 Å². The summed E-state index contributed by atoms with van der Waals surface area (Å²) in [5.41, 5.74) is 4.86. The quantitative estimate of drug-likeness (QED) is 0.249. The average Bonchev–Trinajstić information content (AvgIpc) is 3.74. The first-order valence-electron chi connectivity index (χ1n) is 19.0. The minimum Gasteiger partial charge on any atom is -0.497 e. The Bertz CT molecular complexity index is 1920. The summed E-state index contributed by atoms with van der Waals surface area (Å²) in [6.07, 6.45) is 7.49. The number of hydrogen-bond acceptors (Lipinski definition) is 6. The third-order valence-corrected chi connectivity index (χ3v) is 13.3. The Labute approximate surface area is 303 Å². The summed E-state index contributed by atoms with van der Waals surface area (Å²) in [6.45, 7) is 14.7. The largest absolute Gasteiger partial charge is 0.497 e. The smallest absolute Gasteiger partial charge is 0.304 e. The molecule has 3 saturated heterocycles. The molecule has 10 nitrogen and oxygen atoms in total. The van der Waals surface area contributed by atoms with E-state index in [4.69, 9.17) is 4.74 Å². The lowest BCUT2D eigenvalue weighted by Crippen LogP contribution is -2.53. The summed E-state index contributed by atoms with van der Waals surface area (Å²) in [5, 5.41) is 1.06. The van der Waals surface area contributed by atoms with E-state index < -0.39 is 21.5 Å². The zero-order chi connectivity index (χ0) is 36.2. The maximum Gasteiger partial charge on any atom is 0.304 e. The number of carbonyl (C=O) groups excluding carboxylic acids is 2. The van der Waals surface area contributed by atoms with Crippen LogP contribution in [0.25, 0.3) is 22.2 Å². The van der Waals surface area contributed by atoms with Crippen LogP contribution in [0, 0.1) is 18.3 Å². The molecule has 2 amide bonds. The van der Waals surface area contributed by atoms with Crippen LogP contribution in [-0.4, -0.2) is 90.8 Å². The molecule has 51 heavy (non-hydrogen) atoms. The monoisotopic (exact) mass is 717 g/mol. The van der Waals surface area contributed by atoms with Gasteiger partial charge in [-0.25, -0.2) is 4.72 Å². The van der Waals surface area contributed by atoms with Crippen molar-refractivity contribution < 1.29 is 22.7 Å². The predicted molar refractivity (Wildman–Crippen MR) is 201 cm³/mol. The molecular formula is C40H55N5O5S. The van der Waals surface area contributed by atoms with Gasteiger partial charge < -0.3 is 14.2 Å². The summed E-state index contributed by atoms with van der Waals surface area (Å²) in [4.78, 5) is 32.9. The van der Waals surface area contributed by atoms with Gasteiger partial charge in [-0.1, -0.05) is 39.2 Å². The average molecular weight is 718 g/mol. The Kier molecular flexibility index (Phi) is 9.77. The number of fused-ring (bicyclic) bond motifs is 3. The molecule has 1 aliphatic carbocycles. The van der Waals surface area contributed by atoms with E-state index in [2.05, 4.69) is 65.8 Å². The van der Waals surface area contributed by atoms with Crippen LogP contribution >= 0.6 is 0 Å². The second-order valence-corrected chi connectivity index (χ2v) is 18.2. The Morgan fingerprint density at radius 2 is 1.73 bits per heavy atom. The number of rotatable bonds is 11. The molecule has 2 atom stereocenters. The highest BCUT2D eigenvalue weighted by Crippen LogP contribution is 2.47. The summed E-state index contributed by atoms with van der Waals surface area (Å²) < 4.78 is 37.3. The number of hydrogen-bond donors (Lipinski definition) is 1. The van der Waals surface area contributed by atoms with Crippen LogP contribution in [0.3, 0.4) is 0 Å². The van der Waals surface area contributed by atoms with Gasteiger partial charge in [0, 0.05) is 73.4 Å². The van der Waals surface area contributed by atoms with Gasteiger partial charge in [-0.05, 0) is 99.7 Å². The van der Waals surface area contributed by atoms with Crippen molar-refractivity contribution in [3.05, 3.63) is 53.1 Å². The minimum absolute atomic E-state index is 0.159. The molecule has 4 fully saturated rings. The standard InChI is InChI=1S/C40H55N5O5S/c1-26(2)22-42-23-31-21-30(42)24-44(31)39(47)40(4,5)25-45-35-20-29(38(46)41-51(48,49)43-17-10-18-43)13-15-34(35)36(28-11-8-7-9-12-28)37(45)33-16-14-32(50-6)19-27(33)3/h13-16,19-20,26,28,30-31H,7-12,17-18,21-25H2,1-6H3,(H,41,46)/t30-,31-/m1/s1. The summed E-state index contributed by atoms with van der Waals surface area (Å²) in [6, 6.07) is 12.4. The number of carbonyl (C=O) groups is 2. The van der Waals surface area contributed by atoms with Crippen molar-refractivity contribution in [1.29, 1.82) is 0 Å². The third-order valence-electron chi connectivity index (χ3n) is 11.8. The zero-order valence-corrected chi connectivity index (χ0v) is 32.0. The number of nitrogens with zero attached hydrogens (tertiary/aromatic N) is 4. The van der Waals surface area contributed by atoms with Crippen LogP contribution in [0.2, 0.25) is 0 Å². The van der Waals surface area contributed by atoms with E-state index in [0.717, 1.165) is 91.6 Å². The SMILES string of the molecule is COc1ccc(-c2c(C3CCCCC3)c3ccc(C(=O)NS(=O)(=O)N4CCC4)cc3n2CC(C)(C)C(=O)N2C[C@H]3C[C@@H]2CN3CC(C)C)c(C)c1. The molecule has 276 valence electrons. The molecule has 1 saturated carbocycles. The number of nitrogens with one attached hydrogen (secondary N) is 1. The molecular weight excluding hydrogens is 663 g/mol. The van der Waals surface area contributed by atoms with Crippen LogP contribution in [0.15, 0.2) is 36.4 Å². The van der Waals surface area contributed by atoms with Crippen molar-refractivity contribution in [1.82, 2.24) is 23.4 Å². The van der Waals surface area contributed by atoms with Gasteiger partial charge in [-0.2, -0.15) is 12.7 Å². The van der Waals surface area contributed by atoms with Gasteiger partial charge in [-0.15, -0.1) is 0 Å². The molecule has 2 aromatic carbocycles. The number of aryl methyl sites for hydroxylation is 1. The highest BCUT2D eigenvalue weighted by molar-refractivity contribution is 7.87. The topological polar surface area (TPSA) is 104 Å². The first-order chi connectivity index (χ1) is 24.3. The van der Waals surface area contributed by atoms with Crippen LogP contribution in [0.5, 0.6) is 5.75 Å². The molecule has 1 aromatic heterocycles. The Morgan fingerprint density at radius 1 is 0.980 bits per heavy atom. The molecule has 0 radical (unpaired) electrons. The van der Waals surface area contributed by atoms with Crippen LogP contribution in [0.1, 0.15) is 100 Å². The molecule has 11 heteroatoms. The maximum absolute atomic E-state index is 14.6. The highest BCUT2D eigenvalue weighted by atomic mass is 32.2. The fourth-order valence-electron chi connectivity index (χ4n) is 9.12. The van der Waals surface area contributed by atoms with E-state index in [9.17, 15) is 18.0 Å². The number of methoxy groups -OCH3 is 1. The summed E-state index contributed by atoms with van der Waals surface area (Å²) in [5.74, 6) is 1.21. The number of likely N-dealkylation sites (tertiary alicyclic amines) is 2. The molecule has 0 spiro atoms. The van der Waals surface area contributed by atoms with Crippen molar-refractivity contribution in [3.63, 3.8) is 0 Å². The number of aromatic nitrogens is 1. The Hall–Kier alpha value is -3.41. The van der Waals surface area contributed by atoms with Crippen molar-refractivity contribution in [2.45, 2.75) is 104 Å². The second-order valence-electron chi connectivity index (χ2n) is 16.5. The number of ether oxygens (including phenoxy) is 1. The van der Waals surface area contributed by atoms with Crippen LogP contribution < -0.4 is 9.46 Å². The van der Waals surface area contributed by atoms with Gasteiger partial charge >= 0.3 is 10.2 Å². The molecule has 0 unspecified atom stereocenters. The molecule has 4 aliphatic rings. The van der Waals surface area contributed by atoms with Crippen molar-refractivity contribution in [2.24, 2.45) is 11.3 Å². The molecule has 3 aliphatic heterocycles. The van der Waals surface area contributed by atoms with E-state index in [1.165, 1.54) is 16.3 Å². The van der Waals surface area contributed by atoms with Gasteiger partial charge in [0.05, 0.1) is 18.2 Å². The first-order valence-corrected chi connectivity index (χ1v) is 20.4.